The van der Waals surface area contributed by atoms with Crippen LogP contribution in [0.1, 0.15) is 103 Å². The van der Waals surface area contributed by atoms with Gasteiger partial charge < -0.3 is 38.1 Å². The van der Waals surface area contributed by atoms with Crippen LogP contribution in [-0.2, 0) is 41.9 Å². The number of hydrogen-bond acceptors (Lipinski definition) is 10. The number of rotatable bonds is 12. The lowest BCUT2D eigenvalue weighted by molar-refractivity contribution is -0.963. The number of carbonyl (C=O) groups excluding carboxylic acids is 4. The minimum absolute atomic E-state index is 0.115. The van der Waals surface area contributed by atoms with Crippen LogP contribution in [0.5, 0.6) is 23.0 Å². The Kier molecular flexibility index (Phi) is 10.8. The molecule has 4 saturated heterocycles. The van der Waals surface area contributed by atoms with Crippen LogP contribution >= 0.6 is 0 Å². The van der Waals surface area contributed by atoms with Crippen LogP contribution in [0.15, 0.2) is 36.4 Å². The van der Waals surface area contributed by atoms with Crippen LogP contribution < -0.4 is 18.9 Å². The van der Waals surface area contributed by atoms with Crippen molar-refractivity contribution in [2.75, 3.05) is 14.1 Å². The average Bonchev–Trinajstić information content (AvgIpc) is 3.33. The third kappa shape index (κ3) is 6.85. The van der Waals surface area contributed by atoms with Gasteiger partial charge in [0.05, 0.1) is 49.1 Å². The lowest BCUT2D eigenvalue weighted by Crippen LogP contribution is -2.71. The molecule has 0 radical (unpaired) electrons. The van der Waals surface area contributed by atoms with E-state index in [-0.39, 0.29) is 59.0 Å². The molecule has 2 aromatic carbocycles. The largest absolute Gasteiger partial charge is 0.481 e. The van der Waals surface area contributed by atoms with Gasteiger partial charge in [0.25, 0.3) is 0 Å². The summed E-state index contributed by atoms with van der Waals surface area (Å²) in [4.78, 5) is 74.9. The van der Waals surface area contributed by atoms with E-state index in [1.54, 1.807) is 24.3 Å². The van der Waals surface area contributed by atoms with Crippen molar-refractivity contribution in [2.45, 2.75) is 129 Å². The number of carboxylic acid groups (broad SMARTS) is 2. The molecule has 6 atom stereocenters. The molecule has 7 rings (SSSR count). The van der Waals surface area contributed by atoms with E-state index >= 15 is 0 Å². The van der Waals surface area contributed by atoms with E-state index in [4.69, 9.17) is 18.9 Å². The molecule has 0 aromatic heterocycles. The van der Waals surface area contributed by atoms with E-state index in [0.717, 1.165) is 36.8 Å². The molecule has 0 spiro atoms. The Morgan fingerprint density at radius 2 is 0.828 bits per heavy atom. The molecular weight excluding hydrogens is 748 g/mol. The Labute approximate surface area is 338 Å². The van der Waals surface area contributed by atoms with E-state index in [1.807, 2.05) is 12.1 Å². The molecule has 4 heterocycles. The number of quaternary nitrogens is 2. The van der Waals surface area contributed by atoms with Gasteiger partial charge in [-0.05, 0) is 61.1 Å². The van der Waals surface area contributed by atoms with E-state index in [1.165, 1.54) is 27.7 Å². The van der Waals surface area contributed by atoms with Gasteiger partial charge in [0, 0.05) is 90.2 Å². The molecule has 2 N–H and O–H groups in total. The number of nitrogens with zero attached hydrogens (tertiary/aromatic N) is 2. The van der Waals surface area contributed by atoms with E-state index in [0.29, 0.717) is 60.6 Å². The Hall–Kier alpha value is -4.82. The molecular formula is C44H56N2O12+2. The van der Waals surface area contributed by atoms with Crippen LogP contribution in [0.4, 0.5) is 0 Å². The molecule has 0 amide bonds. The van der Waals surface area contributed by atoms with Crippen molar-refractivity contribution in [3.63, 3.8) is 0 Å². The van der Waals surface area contributed by atoms with Gasteiger partial charge in [-0.15, -0.1) is 0 Å². The smallest absolute Gasteiger partial charge is 0.311 e. The highest BCUT2D eigenvalue weighted by atomic mass is 16.6. The summed E-state index contributed by atoms with van der Waals surface area (Å²) in [6.07, 6.45) is 6.74. The predicted molar refractivity (Wildman–Crippen MR) is 206 cm³/mol. The first-order valence-corrected chi connectivity index (χ1v) is 20.5. The number of esters is 4. The van der Waals surface area contributed by atoms with Crippen LogP contribution in [0.3, 0.4) is 0 Å². The van der Waals surface area contributed by atoms with Crippen molar-refractivity contribution < 1.29 is 66.9 Å². The normalized spacial score (nSPS) is 34.7. The number of carboxylic acids is 2. The van der Waals surface area contributed by atoms with Crippen molar-refractivity contribution in [1.29, 1.82) is 0 Å². The summed E-state index contributed by atoms with van der Waals surface area (Å²) in [5.74, 6) is -4.06. The van der Waals surface area contributed by atoms with Gasteiger partial charge in [-0.1, -0.05) is 0 Å². The Balaban J connectivity index is 1.13. The van der Waals surface area contributed by atoms with Crippen molar-refractivity contribution in [3.05, 3.63) is 47.5 Å². The summed E-state index contributed by atoms with van der Waals surface area (Å²) >= 11 is 0. The van der Waals surface area contributed by atoms with Crippen LogP contribution in [0.25, 0.3) is 0 Å². The van der Waals surface area contributed by atoms with Crippen LogP contribution in [0.2, 0.25) is 0 Å². The standard InChI is InChI=1S/C44H54N2O12/c1-25(47)55-37-13-7-29(17-39(37)57-27(3)49)23-45(5)33-9-10-34(45)20-31(19-33)43(41(51)52)15-16-44(43,42(53)54)32-21-35-11-12-36(22-32)46(35,6)24-30-8-14-38(56-26(2)48)40(18-30)58-28(4)50/h7-8,13-14,17-18,31-36H,9-12,15-16,19-24H2,1-6H3/p+2. The molecule has 2 aromatic rings. The summed E-state index contributed by atoms with van der Waals surface area (Å²) in [5, 5.41) is 22.6. The minimum Gasteiger partial charge on any atom is -0.481 e. The van der Waals surface area contributed by atoms with E-state index < -0.39 is 46.6 Å². The second-order valence-electron chi connectivity index (χ2n) is 18.1. The first kappa shape index (κ1) is 41.3. The summed E-state index contributed by atoms with van der Waals surface area (Å²) < 4.78 is 22.7. The summed E-state index contributed by atoms with van der Waals surface area (Å²) in [5.41, 5.74) is -0.975. The highest BCUT2D eigenvalue weighted by Gasteiger charge is 2.76. The number of piperidine rings is 2. The van der Waals surface area contributed by atoms with Crippen LogP contribution in [0, 0.1) is 22.7 Å². The third-order valence-electron chi connectivity index (χ3n) is 15.2. The fourth-order valence-electron chi connectivity index (χ4n) is 12.6. The second kappa shape index (κ2) is 15.1. The third-order valence-corrected chi connectivity index (χ3v) is 15.2. The quantitative estimate of drug-likeness (QED) is 0.150. The molecule has 14 nitrogen and oxygen atoms in total. The Morgan fingerprint density at radius 1 is 0.534 bits per heavy atom. The fraction of sp³-hybridized carbons (Fsp3) is 0.591. The van der Waals surface area contributed by atoms with Gasteiger partial charge >= 0.3 is 35.8 Å². The summed E-state index contributed by atoms with van der Waals surface area (Å²) in [6, 6.07) is 10.9. The van der Waals surface area contributed by atoms with E-state index in [9.17, 15) is 39.0 Å². The molecule has 312 valence electrons. The lowest BCUT2D eigenvalue weighted by Gasteiger charge is -2.64. The van der Waals surface area contributed by atoms with Gasteiger partial charge in [-0.2, -0.15) is 0 Å². The maximum Gasteiger partial charge on any atom is 0.311 e. The first-order chi connectivity index (χ1) is 27.3. The van der Waals surface area contributed by atoms with Gasteiger partial charge in [0.2, 0.25) is 0 Å². The molecule has 1 saturated carbocycles. The molecule has 14 heteroatoms. The predicted octanol–water partition coefficient (Wildman–Crippen LogP) is 5.80. The minimum atomic E-state index is -1.38. The maximum atomic E-state index is 13.8. The first-order valence-electron chi connectivity index (χ1n) is 20.5. The van der Waals surface area contributed by atoms with Crippen LogP contribution in [-0.4, -0.2) is 93.3 Å². The molecule has 5 aliphatic rings. The fourth-order valence-corrected chi connectivity index (χ4v) is 12.6. The number of carbonyl (C=O) groups is 6. The zero-order valence-corrected chi connectivity index (χ0v) is 34.3. The molecule has 6 unspecified atom stereocenters. The van der Waals surface area contributed by atoms with Gasteiger partial charge in [0.15, 0.2) is 23.0 Å². The number of benzene rings is 2. The zero-order chi connectivity index (χ0) is 41.9. The average molecular weight is 805 g/mol. The highest BCUT2D eigenvalue weighted by molar-refractivity contribution is 5.89. The molecule has 58 heavy (non-hydrogen) atoms. The van der Waals surface area contributed by atoms with Gasteiger partial charge in [0.1, 0.15) is 13.1 Å². The second-order valence-corrected chi connectivity index (χ2v) is 18.1. The van der Waals surface area contributed by atoms with Crippen molar-refractivity contribution >= 4 is 35.8 Å². The number of hydrogen-bond donors (Lipinski definition) is 2. The van der Waals surface area contributed by atoms with Crippen molar-refractivity contribution in [3.8, 4) is 23.0 Å². The monoisotopic (exact) mass is 804 g/mol. The van der Waals surface area contributed by atoms with E-state index in [2.05, 4.69) is 14.1 Å². The molecule has 4 aliphatic heterocycles. The molecule has 5 fully saturated rings. The Morgan fingerprint density at radius 3 is 1.09 bits per heavy atom. The zero-order valence-electron chi connectivity index (χ0n) is 34.3. The van der Waals surface area contributed by atoms with Crippen molar-refractivity contribution in [1.82, 2.24) is 0 Å². The lowest BCUT2D eigenvalue weighted by atomic mass is 9.38. The number of fused-ring (bicyclic) bond motifs is 4. The molecule has 4 bridgehead atoms. The highest BCUT2D eigenvalue weighted by Crippen LogP contribution is 2.71. The SMILES string of the molecule is CC(=O)Oc1ccc(C[N+]2(C)C3CCC2CC(C2(C(=O)O)CCC2(C(=O)O)C2CC4CCC(C2)[N+]4(C)Cc2ccc(OC(C)=O)c(OC(C)=O)c2)C3)cc1OC(C)=O. The molecule has 1 aliphatic carbocycles. The number of aliphatic carboxylic acids is 2. The Bertz CT molecular complexity index is 1880. The van der Waals surface area contributed by atoms with Gasteiger partial charge in [-0.25, -0.2) is 0 Å². The van der Waals surface area contributed by atoms with Crippen molar-refractivity contribution in [2.24, 2.45) is 22.7 Å². The maximum absolute atomic E-state index is 13.8. The van der Waals surface area contributed by atoms with Gasteiger partial charge in [-0.3, -0.25) is 28.8 Å². The topological polar surface area (TPSA) is 180 Å². The number of ether oxygens (including phenoxy) is 4. The summed E-state index contributed by atoms with van der Waals surface area (Å²) in [7, 11) is 4.39. The summed E-state index contributed by atoms with van der Waals surface area (Å²) in [6.45, 7) is 6.32.